The minimum absolute atomic E-state index is 0.202. The highest BCUT2D eigenvalue weighted by molar-refractivity contribution is 5.06. The number of unbranched alkanes of at least 4 members (excludes halogenated alkanes) is 8. The lowest BCUT2D eigenvalue weighted by Crippen LogP contribution is -2.14. The molecular weight excluding hydrogens is 248 g/mol. The molecule has 0 aromatic rings. The molecule has 2 aliphatic rings. The fourth-order valence-corrected chi connectivity index (χ4v) is 3.00. The van der Waals surface area contributed by atoms with Crippen molar-refractivity contribution in [3.8, 4) is 0 Å². The Morgan fingerprint density at radius 1 is 1.05 bits per heavy atom. The van der Waals surface area contributed by atoms with Crippen molar-refractivity contribution >= 4 is 0 Å². The van der Waals surface area contributed by atoms with E-state index >= 15 is 0 Å². The second-order valence-electron chi connectivity index (χ2n) is 6.07. The quantitative estimate of drug-likeness (QED) is 0.407. The molecule has 0 saturated carbocycles. The molecule has 0 radical (unpaired) electrons. The van der Waals surface area contributed by atoms with Gasteiger partial charge in [0.2, 0.25) is 0 Å². The molecule has 2 heteroatoms. The first-order valence-corrected chi connectivity index (χ1v) is 8.54. The van der Waals surface area contributed by atoms with Crippen LogP contribution in [0.25, 0.3) is 0 Å². The van der Waals surface area contributed by atoms with Crippen molar-refractivity contribution in [2.75, 3.05) is 0 Å². The summed E-state index contributed by atoms with van der Waals surface area (Å²) in [6, 6.07) is 0. The summed E-state index contributed by atoms with van der Waals surface area (Å²) in [4.78, 5) is 0. The van der Waals surface area contributed by atoms with Gasteiger partial charge in [-0.1, -0.05) is 64.0 Å². The smallest absolute Gasteiger partial charge is 0.130 e. The predicted molar refractivity (Wildman–Crippen MR) is 83.7 cm³/mol. The average molecular weight is 278 g/mol. The third-order valence-electron chi connectivity index (χ3n) is 4.26. The first-order chi connectivity index (χ1) is 9.90. The monoisotopic (exact) mass is 278 g/mol. The summed E-state index contributed by atoms with van der Waals surface area (Å²) in [6.45, 7) is 2.27. The molecule has 2 rings (SSSR count). The number of fused-ring (bicyclic) bond motifs is 1. The van der Waals surface area contributed by atoms with Crippen LogP contribution < -0.4 is 0 Å². The SMILES string of the molecule is CCCCCCCCCC/C=C/[C@@H]1C[C@@H]2OC=C[C@@H]2O1. The average Bonchev–Trinajstić information content (AvgIpc) is 3.02. The van der Waals surface area contributed by atoms with Crippen LogP contribution in [0.2, 0.25) is 0 Å². The summed E-state index contributed by atoms with van der Waals surface area (Å²) in [6.07, 6.45) is 22.4. The number of allylic oxidation sites excluding steroid dienone is 1. The molecule has 0 N–H and O–H groups in total. The van der Waals surface area contributed by atoms with E-state index in [9.17, 15) is 0 Å². The van der Waals surface area contributed by atoms with Gasteiger partial charge in [0.15, 0.2) is 0 Å². The highest BCUT2D eigenvalue weighted by Gasteiger charge is 2.36. The normalized spacial score (nSPS) is 28.1. The Morgan fingerprint density at radius 2 is 1.80 bits per heavy atom. The zero-order valence-electron chi connectivity index (χ0n) is 12.9. The molecule has 1 saturated heterocycles. The third-order valence-corrected chi connectivity index (χ3v) is 4.26. The van der Waals surface area contributed by atoms with Gasteiger partial charge in [-0.25, -0.2) is 0 Å². The second kappa shape index (κ2) is 9.23. The van der Waals surface area contributed by atoms with E-state index in [-0.39, 0.29) is 18.3 Å². The molecule has 2 aliphatic heterocycles. The standard InChI is InChI=1S/C18H30O2/c1-2-3-4-5-6-7-8-9-10-11-12-16-15-18-17(20-16)13-14-19-18/h11-14,16-18H,2-10,15H2,1H3/b12-11+/t16-,17+,18+/m1/s1. The van der Waals surface area contributed by atoms with Gasteiger partial charge in [0.25, 0.3) is 0 Å². The largest absolute Gasteiger partial charge is 0.495 e. The van der Waals surface area contributed by atoms with Crippen molar-refractivity contribution in [1.82, 2.24) is 0 Å². The van der Waals surface area contributed by atoms with E-state index in [1.165, 1.54) is 57.8 Å². The van der Waals surface area contributed by atoms with Crippen LogP contribution in [-0.4, -0.2) is 18.3 Å². The highest BCUT2D eigenvalue weighted by atomic mass is 16.6. The summed E-state index contributed by atoms with van der Waals surface area (Å²) in [7, 11) is 0. The van der Waals surface area contributed by atoms with Crippen molar-refractivity contribution in [2.24, 2.45) is 0 Å². The summed E-state index contributed by atoms with van der Waals surface area (Å²) >= 11 is 0. The van der Waals surface area contributed by atoms with Crippen molar-refractivity contribution in [1.29, 1.82) is 0 Å². The van der Waals surface area contributed by atoms with Crippen LogP contribution in [0, 0.1) is 0 Å². The highest BCUT2D eigenvalue weighted by Crippen LogP contribution is 2.29. The van der Waals surface area contributed by atoms with Gasteiger partial charge in [-0.05, 0) is 18.9 Å². The van der Waals surface area contributed by atoms with Gasteiger partial charge in [0.1, 0.15) is 12.2 Å². The Morgan fingerprint density at radius 3 is 2.55 bits per heavy atom. The van der Waals surface area contributed by atoms with E-state index in [0.29, 0.717) is 0 Å². The molecule has 2 heterocycles. The molecule has 2 nitrogen and oxygen atoms in total. The maximum Gasteiger partial charge on any atom is 0.130 e. The van der Waals surface area contributed by atoms with Crippen LogP contribution in [0.4, 0.5) is 0 Å². The van der Waals surface area contributed by atoms with Crippen LogP contribution in [0.15, 0.2) is 24.5 Å². The van der Waals surface area contributed by atoms with Crippen molar-refractivity contribution < 1.29 is 9.47 Å². The maximum absolute atomic E-state index is 5.87. The molecular formula is C18H30O2. The van der Waals surface area contributed by atoms with Gasteiger partial charge in [0, 0.05) is 6.42 Å². The van der Waals surface area contributed by atoms with Crippen LogP contribution >= 0.6 is 0 Å². The zero-order chi connectivity index (χ0) is 14.0. The van der Waals surface area contributed by atoms with Gasteiger partial charge in [-0.3, -0.25) is 0 Å². The Balaban J connectivity index is 1.41. The molecule has 20 heavy (non-hydrogen) atoms. The lowest BCUT2D eigenvalue weighted by atomic mass is 10.1. The number of ether oxygens (including phenoxy) is 2. The van der Waals surface area contributed by atoms with Crippen molar-refractivity contribution in [2.45, 2.75) is 89.4 Å². The number of rotatable bonds is 10. The van der Waals surface area contributed by atoms with E-state index in [4.69, 9.17) is 9.47 Å². The fourth-order valence-electron chi connectivity index (χ4n) is 3.00. The van der Waals surface area contributed by atoms with Crippen LogP contribution in [0.1, 0.15) is 71.1 Å². The van der Waals surface area contributed by atoms with Crippen LogP contribution in [0.3, 0.4) is 0 Å². The molecule has 0 bridgehead atoms. The summed E-state index contributed by atoms with van der Waals surface area (Å²) in [5.74, 6) is 0. The molecule has 0 aromatic heterocycles. The van der Waals surface area contributed by atoms with E-state index in [2.05, 4.69) is 19.1 Å². The Kier molecular flexibility index (Phi) is 7.21. The molecule has 0 spiro atoms. The lowest BCUT2D eigenvalue weighted by Gasteiger charge is -2.04. The second-order valence-corrected chi connectivity index (χ2v) is 6.07. The van der Waals surface area contributed by atoms with E-state index in [1.807, 2.05) is 6.08 Å². The van der Waals surface area contributed by atoms with Gasteiger partial charge in [-0.15, -0.1) is 0 Å². The Bertz CT molecular complexity index is 309. The first-order valence-electron chi connectivity index (χ1n) is 8.54. The number of hydrogen-bond acceptors (Lipinski definition) is 2. The van der Waals surface area contributed by atoms with Gasteiger partial charge >= 0.3 is 0 Å². The molecule has 3 atom stereocenters. The van der Waals surface area contributed by atoms with Gasteiger partial charge in [-0.2, -0.15) is 0 Å². The Labute approximate surface area is 124 Å². The van der Waals surface area contributed by atoms with Crippen molar-refractivity contribution in [3.63, 3.8) is 0 Å². The minimum atomic E-state index is 0.202. The predicted octanol–water partition coefficient (Wildman–Crippen LogP) is 5.14. The molecule has 0 amide bonds. The van der Waals surface area contributed by atoms with E-state index in [0.717, 1.165) is 6.42 Å². The van der Waals surface area contributed by atoms with Crippen molar-refractivity contribution in [3.05, 3.63) is 24.5 Å². The Hall–Kier alpha value is -0.760. The summed E-state index contributed by atoms with van der Waals surface area (Å²) in [5.41, 5.74) is 0. The van der Waals surface area contributed by atoms with Gasteiger partial charge in [0.05, 0.1) is 12.4 Å². The van der Waals surface area contributed by atoms with Crippen LogP contribution in [-0.2, 0) is 9.47 Å². The maximum atomic E-state index is 5.87. The minimum Gasteiger partial charge on any atom is -0.495 e. The third kappa shape index (κ3) is 5.32. The molecule has 0 aliphatic carbocycles. The lowest BCUT2D eigenvalue weighted by molar-refractivity contribution is 0.0699. The topological polar surface area (TPSA) is 18.5 Å². The number of hydrogen-bond donors (Lipinski definition) is 0. The molecule has 0 unspecified atom stereocenters. The summed E-state index contributed by atoms with van der Waals surface area (Å²) in [5, 5.41) is 0. The van der Waals surface area contributed by atoms with E-state index < -0.39 is 0 Å². The first kappa shape index (κ1) is 15.6. The molecule has 114 valence electrons. The fraction of sp³-hybridized carbons (Fsp3) is 0.778. The molecule has 0 aromatic carbocycles. The zero-order valence-corrected chi connectivity index (χ0v) is 12.9. The van der Waals surface area contributed by atoms with E-state index in [1.54, 1.807) is 6.26 Å². The van der Waals surface area contributed by atoms with Crippen LogP contribution in [0.5, 0.6) is 0 Å². The summed E-state index contributed by atoms with van der Waals surface area (Å²) < 4.78 is 11.3. The van der Waals surface area contributed by atoms with Gasteiger partial charge < -0.3 is 9.47 Å². The molecule has 1 fully saturated rings.